The van der Waals surface area contributed by atoms with E-state index in [1.165, 1.54) is 6.07 Å². The number of benzene rings is 2. The Morgan fingerprint density at radius 3 is 2.29 bits per heavy atom. The first-order valence-corrected chi connectivity index (χ1v) is 9.34. The van der Waals surface area contributed by atoms with Crippen molar-refractivity contribution in [3.63, 3.8) is 0 Å². The van der Waals surface area contributed by atoms with E-state index >= 15 is 0 Å². The molecule has 0 N–H and O–H groups in total. The summed E-state index contributed by atoms with van der Waals surface area (Å²) in [5, 5.41) is 0. The highest BCUT2D eigenvalue weighted by molar-refractivity contribution is 6.34. The van der Waals surface area contributed by atoms with Crippen LogP contribution in [-0.4, -0.2) is 42.8 Å². The summed E-state index contributed by atoms with van der Waals surface area (Å²) >= 11 is 0. The fourth-order valence-corrected chi connectivity index (χ4v) is 3.32. The summed E-state index contributed by atoms with van der Waals surface area (Å²) in [6.07, 6.45) is 0. The predicted octanol–water partition coefficient (Wildman–Crippen LogP) is 3.61. The van der Waals surface area contributed by atoms with E-state index in [4.69, 9.17) is 4.74 Å². The molecule has 1 aliphatic rings. The number of carbonyl (C=O) groups is 3. The second-order valence-corrected chi connectivity index (χ2v) is 7.21. The van der Waals surface area contributed by atoms with Gasteiger partial charge in [0.25, 0.3) is 17.7 Å². The fourth-order valence-electron chi connectivity index (χ4n) is 3.32. The molecule has 6 heteroatoms. The van der Waals surface area contributed by atoms with Crippen LogP contribution in [0.4, 0.5) is 5.69 Å². The van der Waals surface area contributed by atoms with Crippen LogP contribution in [0.3, 0.4) is 0 Å². The lowest BCUT2D eigenvalue weighted by molar-refractivity contribution is 0.0778. The van der Waals surface area contributed by atoms with E-state index < -0.39 is 11.8 Å². The number of nitrogens with zero attached hydrogens (tertiary/aromatic N) is 2. The van der Waals surface area contributed by atoms with Gasteiger partial charge in [0.05, 0.1) is 23.4 Å². The molecule has 0 aromatic heterocycles. The standard InChI is InChI=1S/C22H24N2O4/c1-5-28-17-9-7-16(8-10-17)24-21(26)18-11-6-15(12-19(18)22(24)27)20(25)23(4)13-14(2)3/h6-12,14H,5,13H2,1-4H3. The van der Waals surface area contributed by atoms with Gasteiger partial charge in [-0.25, -0.2) is 4.90 Å². The van der Waals surface area contributed by atoms with Crippen molar-refractivity contribution in [1.82, 2.24) is 4.90 Å². The van der Waals surface area contributed by atoms with Gasteiger partial charge in [-0.15, -0.1) is 0 Å². The SMILES string of the molecule is CCOc1ccc(N2C(=O)c3ccc(C(=O)N(C)CC(C)C)cc3C2=O)cc1. The van der Waals surface area contributed by atoms with Crippen molar-refractivity contribution in [2.45, 2.75) is 20.8 Å². The van der Waals surface area contributed by atoms with E-state index in [0.717, 1.165) is 4.90 Å². The first-order chi connectivity index (χ1) is 13.3. The first kappa shape index (κ1) is 19.6. The van der Waals surface area contributed by atoms with Gasteiger partial charge in [0.2, 0.25) is 0 Å². The van der Waals surface area contributed by atoms with Crippen molar-refractivity contribution < 1.29 is 19.1 Å². The molecule has 0 unspecified atom stereocenters. The number of hydrogen-bond donors (Lipinski definition) is 0. The van der Waals surface area contributed by atoms with Crippen LogP contribution in [-0.2, 0) is 0 Å². The average Bonchev–Trinajstić information content (AvgIpc) is 2.92. The summed E-state index contributed by atoms with van der Waals surface area (Å²) in [7, 11) is 1.73. The topological polar surface area (TPSA) is 66.9 Å². The molecule has 0 radical (unpaired) electrons. The molecule has 2 aromatic rings. The lowest BCUT2D eigenvalue weighted by atomic mass is 10.0. The van der Waals surface area contributed by atoms with Crippen molar-refractivity contribution in [1.29, 1.82) is 0 Å². The minimum atomic E-state index is -0.426. The van der Waals surface area contributed by atoms with Crippen LogP contribution in [0.25, 0.3) is 0 Å². The zero-order chi connectivity index (χ0) is 20.4. The molecular weight excluding hydrogens is 356 g/mol. The molecule has 3 rings (SSSR count). The van der Waals surface area contributed by atoms with Crippen molar-refractivity contribution in [3.8, 4) is 5.75 Å². The monoisotopic (exact) mass is 380 g/mol. The molecule has 2 aromatic carbocycles. The number of rotatable bonds is 6. The van der Waals surface area contributed by atoms with E-state index in [-0.39, 0.29) is 11.5 Å². The van der Waals surface area contributed by atoms with Gasteiger partial charge in [0.15, 0.2) is 0 Å². The minimum absolute atomic E-state index is 0.170. The lowest BCUT2D eigenvalue weighted by Gasteiger charge is -2.19. The summed E-state index contributed by atoms with van der Waals surface area (Å²) in [4.78, 5) is 41.0. The van der Waals surface area contributed by atoms with Gasteiger partial charge < -0.3 is 9.64 Å². The van der Waals surface area contributed by atoms with Gasteiger partial charge in [-0.1, -0.05) is 13.8 Å². The van der Waals surface area contributed by atoms with E-state index in [9.17, 15) is 14.4 Å². The van der Waals surface area contributed by atoms with Crippen LogP contribution < -0.4 is 9.64 Å². The van der Waals surface area contributed by atoms with E-state index in [2.05, 4.69) is 0 Å². The van der Waals surface area contributed by atoms with Crippen LogP contribution in [0, 0.1) is 5.92 Å². The summed E-state index contributed by atoms with van der Waals surface area (Å²) < 4.78 is 5.40. The predicted molar refractivity (Wildman–Crippen MR) is 107 cm³/mol. The normalized spacial score (nSPS) is 13.1. The van der Waals surface area contributed by atoms with Crippen LogP contribution in [0.5, 0.6) is 5.75 Å². The highest BCUT2D eigenvalue weighted by atomic mass is 16.5. The number of imide groups is 1. The highest BCUT2D eigenvalue weighted by Gasteiger charge is 2.37. The maximum absolute atomic E-state index is 12.9. The fraction of sp³-hybridized carbons (Fsp3) is 0.318. The molecule has 0 saturated carbocycles. The Morgan fingerprint density at radius 1 is 1.04 bits per heavy atom. The van der Waals surface area contributed by atoms with Gasteiger partial charge in [-0.3, -0.25) is 14.4 Å². The molecule has 3 amide bonds. The Balaban J connectivity index is 1.88. The first-order valence-electron chi connectivity index (χ1n) is 9.34. The van der Waals surface area contributed by atoms with Crippen LogP contribution in [0.2, 0.25) is 0 Å². The zero-order valence-corrected chi connectivity index (χ0v) is 16.6. The van der Waals surface area contributed by atoms with Gasteiger partial charge >= 0.3 is 0 Å². The zero-order valence-electron chi connectivity index (χ0n) is 16.6. The van der Waals surface area contributed by atoms with E-state index in [1.807, 2.05) is 20.8 Å². The third-order valence-electron chi connectivity index (χ3n) is 4.53. The van der Waals surface area contributed by atoms with Crippen molar-refractivity contribution in [2.75, 3.05) is 25.1 Å². The molecule has 28 heavy (non-hydrogen) atoms. The van der Waals surface area contributed by atoms with E-state index in [0.29, 0.717) is 41.6 Å². The molecule has 0 saturated heterocycles. The number of carbonyl (C=O) groups excluding carboxylic acids is 3. The molecule has 0 fully saturated rings. The molecule has 6 nitrogen and oxygen atoms in total. The summed E-state index contributed by atoms with van der Waals surface area (Å²) in [6.45, 7) is 7.10. The highest BCUT2D eigenvalue weighted by Crippen LogP contribution is 2.30. The number of anilines is 1. The lowest BCUT2D eigenvalue weighted by Crippen LogP contribution is -2.30. The second-order valence-electron chi connectivity index (χ2n) is 7.21. The van der Waals surface area contributed by atoms with Gasteiger partial charge in [-0.05, 0) is 55.3 Å². The molecule has 0 spiro atoms. The maximum Gasteiger partial charge on any atom is 0.266 e. The molecule has 0 atom stereocenters. The molecule has 146 valence electrons. The quantitative estimate of drug-likeness (QED) is 0.718. The molecule has 0 bridgehead atoms. The number of fused-ring (bicyclic) bond motifs is 1. The average molecular weight is 380 g/mol. The smallest absolute Gasteiger partial charge is 0.266 e. The molecular formula is C22H24N2O4. The minimum Gasteiger partial charge on any atom is -0.494 e. The summed E-state index contributed by atoms with van der Waals surface area (Å²) in [6, 6.07) is 11.5. The van der Waals surface area contributed by atoms with Crippen LogP contribution in [0.1, 0.15) is 51.8 Å². The molecule has 1 heterocycles. The Kier molecular flexibility index (Phi) is 5.49. The Morgan fingerprint density at radius 2 is 1.68 bits per heavy atom. The second kappa shape index (κ2) is 7.84. The van der Waals surface area contributed by atoms with Gasteiger partial charge in [-0.2, -0.15) is 0 Å². The van der Waals surface area contributed by atoms with Crippen molar-refractivity contribution >= 4 is 23.4 Å². The third-order valence-corrected chi connectivity index (χ3v) is 4.53. The summed E-state index contributed by atoms with van der Waals surface area (Å²) in [5.41, 5.74) is 1.43. The van der Waals surface area contributed by atoms with Crippen molar-refractivity contribution in [3.05, 3.63) is 59.2 Å². The van der Waals surface area contributed by atoms with Crippen molar-refractivity contribution in [2.24, 2.45) is 5.92 Å². The molecule has 1 aliphatic heterocycles. The number of amides is 3. The van der Waals surface area contributed by atoms with E-state index in [1.54, 1.807) is 48.3 Å². The van der Waals surface area contributed by atoms with Crippen LogP contribution in [0.15, 0.2) is 42.5 Å². The Hall–Kier alpha value is -3.15. The third kappa shape index (κ3) is 3.63. The largest absolute Gasteiger partial charge is 0.494 e. The van der Waals surface area contributed by atoms with Crippen LogP contribution >= 0.6 is 0 Å². The number of ether oxygens (including phenoxy) is 1. The number of hydrogen-bond acceptors (Lipinski definition) is 4. The molecule has 0 aliphatic carbocycles. The van der Waals surface area contributed by atoms with Gasteiger partial charge in [0, 0.05) is 19.2 Å². The Labute approximate surface area is 164 Å². The maximum atomic E-state index is 12.9. The Bertz CT molecular complexity index is 919. The van der Waals surface area contributed by atoms with Gasteiger partial charge in [0.1, 0.15) is 5.75 Å². The summed E-state index contributed by atoms with van der Waals surface area (Å²) in [5.74, 6) is 0.0194.